The van der Waals surface area contributed by atoms with Crippen LogP contribution in [0.3, 0.4) is 0 Å². The number of rotatable bonds is 7. The summed E-state index contributed by atoms with van der Waals surface area (Å²) in [6.45, 7) is 7.62. The number of benzene rings is 2. The molecule has 1 aliphatic rings. The first-order valence-corrected chi connectivity index (χ1v) is 10.7. The van der Waals surface area contributed by atoms with Gasteiger partial charge in [0, 0.05) is 44.0 Å². The molecule has 31 heavy (non-hydrogen) atoms. The van der Waals surface area contributed by atoms with E-state index in [1.54, 1.807) is 12.1 Å². The van der Waals surface area contributed by atoms with Gasteiger partial charge in [0.15, 0.2) is 0 Å². The van der Waals surface area contributed by atoms with Crippen molar-refractivity contribution < 1.29 is 4.39 Å². The molecule has 162 valence electrons. The Bertz CT molecular complexity index is 1040. The molecule has 2 N–H and O–H groups in total. The maximum absolute atomic E-state index is 13.0. The van der Waals surface area contributed by atoms with Gasteiger partial charge in [0.05, 0.1) is 0 Å². The number of hydrogen-bond donors (Lipinski definition) is 2. The molecule has 0 amide bonds. The lowest BCUT2D eigenvalue weighted by molar-refractivity contribution is 0.258. The van der Waals surface area contributed by atoms with Gasteiger partial charge >= 0.3 is 0 Å². The SMILES string of the molecule is CCCN1CCN(c2ccc(Nc3nnc(Cc4ccc(F)cc4)c(=O)[nH]3)cc2)CC1. The van der Waals surface area contributed by atoms with Gasteiger partial charge in [0.2, 0.25) is 5.95 Å². The summed E-state index contributed by atoms with van der Waals surface area (Å²) in [7, 11) is 0. The summed E-state index contributed by atoms with van der Waals surface area (Å²) in [6.07, 6.45) is 1.49. The van der Waals surface area contributed by atoms with Crippen LogP contribution in [-0.2, 0) is 6.42 Å². The van der Waals surface area contributed by atoms with Crippen LogP contribution in [0.4, 0.5) is 21.7 Å². The number of hydrogen-bond acceptors (Lipinski definition) is 6. The molecule has 0 bridgehead atoms. The summed E-state index contributed by atoms with van der Waals surface area (Å²) in [5, 5.41) is 11.2. The molecule has 0 saturated carbocycles. The molecular formula is C23H27FN6O. The summed E-state index contributed by atoms with van der Waals surface area (Å²) in [4.78, 5) is 20.0. The molecule has 8 heteroatoms. The summed E-state index contributed by atoms with van der Waals surface area (Å²) < 4.78 is 13.0. The summed E-state index contributed by atoms with van der Waals surface area (Å²) >= 11 is 0. The molecule has 0 radical (unpaired) electrons. The van der Waals surface area contributed by atoms with Crippen molar-refractivity contribution in [2.75, 3.05) is 42.9 Å². The van der Waals surface area contributed by atoms with E-state index in [0.717, 1.165) is 37.4 Å². The monoisotopic (exact) mass is 422 g/mol. The van der Waals surface area contributed by atoms with Gasteiger partial charge in [0.1, 0.15) is 11.5 Å². The maximum atomic E-state index is 13.0. The fourth-order valence-electron chi connectivity index (χ4n) is 3.77. The van der Waals surface area contributed by atoms with Crippen LogP contribution in [0.15, 0.2) is 53.3 Å². The Kier molecular flexibility index (Phi) is 6.57. The first-order chi connectivity index (χ1) is 15.1. The first-order valence-electron chi connectivity index (χ1n) is 10.7. The van der Waals surface area contributed by atoms with Gasteiger partial charge < -0.3 is 10.2 Å². The van der Waals surface area contributed by atoms with E-state index in [1.807, 2.05) is 12.1 Å². The minimum Gasteiger partial charge on any atom is -0.369 e. The third kappa shape index (κ3) is 5.46. The standard InChI is InChI=1S/C23H27FN6O/c1-2-11-29-12-14-30(15-13-29)20-9-7-19(8-10-20)25-23-26-22(31)21(27-28-23)16-17-3-5-18(24)6-4-17/h3-10H,2,11-16H2,1H3,(H2,25,26,28,31). The van der Waals surface area contributed by atoms with Crippen molar-refractivity contribution in [2.45, 2.75) is 19.8 Å². The Labute approximate surface area is 180 Å². The number of anilines is 3. The molecule has 2 aromatic carbocycles. The lowest BCUT2D eigenvalue weighted by atomic mass is 10.1. The van der Waals surface area contributed by atoms with Crippen molar-refractivity contribution in [3.8, 4) is 0 Å². The smallest absolute Gasteiger partial charge is 0.274 e. The second-order valence-corrected chi connectivity index (χ2v) is 7.75. The number of nitrogens with one attached hydrogen (secondary N) is 2. The number of aromatic nitrogens is 3. The number of H-pyrrole nitrogens is 1. The predicted octanol–water partition coefficient (Wildman–Crippen LogP) is 3.17. The molecule has 2 heterocycles. The molecule has 4 rings (SSSR count). The highest BCUT2D eigenvalue weighted by molar-refractivity contribution is 5.59. The quantitative estimate of drug-likeness (QED) is 0.609. The molecular weight excluding hydrogens is 395 g/mol. The van der Waals surface area contributed by atoms with Gasteiger partial charge in [-0.15, -0.1) is 10.2 Å². The fourth-order valence-corrected chi connectivity index (χ4v) is 3.77. The molecule has 1 saturated heterocycles. The zero-order valence-corrected chi connectivity index (χ0v) is 17.6. The number of nitrogens with zero attached hydrogens (tertiary/aromatic N) is 4. The zero-order valence-electron chi connectivity index (χ0n) is 17.6. The van der Waals surface area contributed by atoms with Gasteiger partial charge in [-0.2, -0.15) is 0 Å². The summed E-state index contributed by atoms with van der Waals surface area (Å²) in [6, 6.07) is 14.1. The number of piperazine rings is 1. The van der Waals surface area contributed by atoms with E-state index in [0.29, 0.717) is 6.42 Å². The topological polar surface area (TPSA) is 77.2 Å². The third-order valence-corrected chi connectivity index (χ3v) is 5.46. The van der Waals surface area contributed by atoms with Gasteiger partial charge in [-0.3, -0.25) is 14.7 Å². The minimum atomic E-state index is -0.316. The van der Waals surface area contributed by atoms with Crippen LogP contribution >= 0.6 is 0 Å². The van der Waals surface area contributed by atoms with Crippen molar-refractivity contribution >= 4 is 17.3 Å². The van der Waals surface area contributed by atoms with Crippen molar-refractivity contribution in [3.63, 3.8) is 0 Å². The Morgan fingerprint density at radius 1 is 1.00 bits per heavy atom. The van der Waals surface area contributed by atoms with Crippen LogP contribution < -0.4 is 15.8 Å². The van der Waals surface area contributed by atoms with Crippen LogP contribution in [0.25, 0.3) is 0 Å². The maximum Gasteiger partial charge on any atom is 0.274 e. The van der Waals surface area contributed by atoms with E-state index < -0.39 is 0 Å². The summed E-state index contributed by atoms with van der Waals surface area (Å²) in [5.41, 5.74) is 2.78. The normalized spacial score (nSPS) is 14.6. The van der Waals surface area contributed by atoms with Crippen LogP contribution in [0.2, 0.25) is 0 Å². The highest BCUT2D eigenvalue weighted by atomic mass is 19.1. The van der Waals surface area contributed by atoms with Gasteiger partial charge in [-0.1, -0.05) is 19.1 Å². The van der Waals surface area contributed by atoms with E-state index >= 15 is 0 Å². The van der Waals surface area contributed by atoms with Crippen LogP contribution in [0.5, 0.6) is 0 Å². The van der Waals surface area contributed by atoms with Gasteiger partial charge in [-0.05, 0) is 54.9 Å². The van der Waals surface area contributed by atoms with Crippen LogP contribution in [0, 0.1) is 5.82 Å². The molecule has 1 aromatic heterocycles. The van der Waals surface area contributed by atoms with Crippen molar-refractivity contribution in [2.24, 2.45) is 0 Å². The van der Waals surface area contributed by atoms with Gasteiger partial charge in [0.25, 0.3) is 5.56 Å². The van der Waals surface area contributed by atoms with E-state index in [4.69, 9.17) is 0 Å². The second-order valence-electron chi connectivity index (χ2n) is 7.75. The third-order valence-electron chi connectivity index (χ3n) is 5.46. The molecule has 3 aromatic rings. The number of aromatic amines is 1. The minimum absolute atomic E-state index is 0.286. The predicted molar refractivity (Wildman–Crippen MR) is 121 cm³/mol. The molecule has 0 atom stereocenters. The Hall–Kier alpha value is -3.26. The van der Waals surface area contributed by atoms with E-state index in [-0.39, 0.29) is 23.0 Å². The molecule has 1 aliphatic heterocycles. The van der Waals surface area contributed by atoms with E-state index in [9.17, 15) is 9.18 Å². The molecule has 1 fully saturated rings. The van der Waals surface area contributed by atoms with Crippen molar-refractivity contribution in [3.05, 3.63) is 76.0 Å². The van der Waals surface area contributed by atoms with E-state index in [2.05, 4.69) is 49.4 Å². The Morgan fingerprint density at radius 2 is 1.71 bits per heavy atom. The number of halogens is 1. The van der Waals surface area contributed by atoms with Gasteiger partial charge in [-0.25, -0.2) is 4.39 Å². The summed E-state index contributed by atoms with van der Waals surface area (Å²) in [5.74, 6) is -0.0261. The molecule has 7 nitrogen and oxygen atoms in total. The lowest BCUT2D eigenvalue weighted by Gasteiger charge is -2.36. The molecule has 0 aliphatic carbocycles. The Balaban J connectivity index is 1.36. The molecule has 0 unspecified atom stereocenters. The average Bonchev–Trinajstić information content (AvgIpc) is 2.78. The first kappa shape index (κ1) is 21.0. The average molecular weight is 423 g/mol. The largest absolute Gasteiger partial charge is 0.369 e. The van der Waals surface area contributed by atoms with Crippen molar-refractivity contribution in [1.82, 2.24) is 20.1 Å². The fraction of sp³-hybridized carbons (Fsp3) is 0.348. The van der Waals surface area contributed by atoms with Crippen LogP contribution in [-0.4, -0.2) is 52.8 Å². The highest BCUT2D eigenvalue weighted by Crippen LogP contribution is 2.21. The highest BCUT2D eigenvalue weighted by Gasteiger charge is 2.16. The lowest BCUT2D eigenvalue weighted by Crippen LogP contribution is -2.46. The zero-order chi connectivity index (χ0) is 21.6. The Morgan fingerprint density at radius 3 is 2.35 bits per heavy atom. The second kappa shape index (κ2) is 9.70. The van der Waals surface area contributed by atoms with Crippen LogP contribution in [0.1, 0.15) is 24.6 Å². The van der Waals surface area contributed by atoms with Crippen molar-refractivity contribution in [1.29, 1.82) is 0 Å². The molecule has 0 spiro atoms. The van der Waals surface area contributed by atoms with E-state index in [1.165, 1.54) is 30.8 Å².